The second-order valence-electron chi connectivity index (χ2n) is 7.21. The Morgan fingerprint density at radius 1 is 1.10 bits per heavy atom. The van der Waals surface area contributed by atoms with Crippen LogP contribution in [0.15, 0.2) is 16.6 Å². The summed E-state index contributed by atoms with van der Waals surface area (Å²) in [6, 6.07) is 4.47. The molecule has 2 aliphatic heterocycles. The molecule has 2 fully saturated rings. The first-order chi connectivity index (χ1) is 10.2. The molecule has 1 aliphatic carbocycles. The van der Waals surface area contributed by atoms with E-state index in [-0.39, 0.29) is 0 Å². The lowest BCUT2D eigenvalue weighted by Gasteiger charge is -2.50. The van der Waals surface area contributed by atoms with Crippen molar-refractivity contribution in [3.8, 4) is 5.75 Å². The van der Waals surface area contributed by atoms with Crippen LogP contribution in [0.5, 0.6) is 5.75 Å². The number of halogens is 1. The molecular formula is C18H24BrNO. The number of fused-ring (bicyclic) bond motifs is 1. The Morgan fingerprint density at radius 3 is 2.62 bits per heavy atom. The van der Waals surface area contributed by atoms with Crippen molar-refractivity contribution in [2.75, 3.05) is 19.7 Å². The number of hydrogen-bond donors (Lipinski definition) is 0. The van der Waals surface area contributed by atoms with Crippen molar-refractivity contribution in [1.82, 2.24) is 4.90 Å². The summed E-state index contributed by atoms with van der Waals surface area (Å²) in [6.45, 7) is 4.51. The smallest absolute Gasteiger partial charge is 0.127 e. The molecule has 1 aromatic rings. The minimum Gasteiger partial charge on any atom is -0.493 e. The Labute approximate surface area is 136 Å². The predicted molar refractivity (Wildman–Crippen MR) is 88.8 cm³/mol. The van der Waals surface area contributed by atoms with Crippen LogP contribution >= 0.6 is 15.9 Å². The minimum atomic E-state index is 0.659. The van der Waals surface area contributed by atoms with Crippen molar-refractivity contribution in [3.05, 3.63) is 27.7 Å². The van der Waals surface area contributed by atoms with Gasteiger partial charge in [0.1, 0.15) is 5.75 Å². The van der Waals surface area contributed by atoms with Crippen molar-refractivity contribution in [2.45, 2.75) is 51.5 Å². The van der Waals surface area contributed by atoms with Gasteiger partial charge in [-0.25, -0.2) is 0 Å². The lowest BCUT2D eigenvalue weighted by atomic mass is 9.73. The Morgan fingerprint density at radius 2 is 1.86 bits per heavy atom. The predicted octanol–water partition coefficient (Wildman–Crippen LogP) is 4.54. The van der Waals surface area contributed by atoms with Crippen molar-refractivity contribution >= 4 is 15.9 Å². The van der Waals surface area contributed by atoms with Crippen LogP contribution < -0.4 is 4.74 Å². The summed E-state index contributed by atoms with van der Waals surface area (Å²) in [5.41, 5.74) is 3.41. The van der Waals surface area contributed by atoms with E-state index >= 15 is 0 Å². The molecule has 0 atom stereocenters. The summed E-state index contributed by atoms with van der Waals surface area (Å²) < 4.78 is 7.06. The normalized spacial score (nSPS) is 24.2. The van der Waals surface area contributed by atoms with Gasteiger partial charge in [-0.05, 0) is 36.0 Å². The van der Waals surface area contributed by atoms with Crippen molar-refractivity contribution < 1.29 is 4.74 Å². The number of ether oxygens (including phenoxy) is 1. The summed E-state index contributed by atoms with van der Waals surface area (Å²) in [4.78, 5) is 2.62. The summed E-state index contributed by atoms with van der Waals surface area (Å²) in [7, 11) is 0. The topological polar surface area (TPSA) is 12.5 Å². The first-order valence-corrected chi connectivity index (χ1v) is 9.20. The first kappa shape index (κ1) is 14.1. The Hall–Kier alpha value is -0.540. The zero-order chi connectivity index (χ0) is 14.3. The van der Waals surface area contributed by atoms with Crippen LogP contribution in [0.4, 0.5) is 0 Å². The van der Waals surface area contributed by atoms with Gasteiger partial charge in [-0.15, -0.1) is 0 Å². The van der Waals surface area contributed by atoms with Gasteiger partial charge in [0.05, 0.1) is 6.61 Å². The van der Waals surface area contributed by atoms with Gasteiger partial charge in [0.15, 0.2) is 0 Å². The molecule has 0 N–H and O–H groups in total. The van der Waals surface area contributed by atoms with Gasteiger partial charge >= 0.3 is 0 Å². The van der Waals surface area contributed by atoms with Crippen LogP contribution in [0.1, 0.15) is 49.7 Å². The van der Waals surface area contributed by atoms with Gasteiger partial charge < -0.3 is 4.74 Å². The maximum Gasteiger partial charge on any atom is 0.127 e. The molecule has 3 heteroatoms. The van der Waals surface area contributed by atoms with Gasteiger partial charge in [-0.3, -0.25) is 4.90 Å². The third-order valence-corrected chi connectivity index (χ3v) is 5.96. The average molecular weight is 350 g/mol. The second-order valence-corrected chi connectivity index (χ2v) is 8.13. The van der Waals surface area contributed by atoms with Crippen LogP contribution in [0.2, 0.25) is 0 Å². The van der Waals surface area contributed by atoms with Crippen LogP contribution in [0.3, 0.4) is 0 Å². The molecule has 4 rings (SSSR count). The van der Waals surface area contributed by atoms with Crippen LogP contribution in [0, 0.1) is 5.41 Å². The van der Waals surface area contributed by atoms with E-state index in [1.54, 1.807) is 0 Å². The van der Waals surface area contributed by atoms with E-state index in [4.69, 9.17) is 4.74 Å². The molecule has 1 spiro atoms. The number of nitrogens with zero attached hydrogens (tertiary/aromatic N) is 1. The highest BCUT2D eigenvalue weighted by atomic mass is 79.9. The number of hydrogen-bond acceptors (Lipinski definition) is 2. The fourth-order valence-electron chi connectivity index (χ4n) is 4.51. The van der Waals surface area contributed by atoms with Gasteiger partial charge in [0.2, 0.25) is 0 Å². The molecule has 0 aromatic heterocycles. The van der Waals surface area contributed by atoms with Gasteiger partial charge in [-0.2, -0.15) is 0 Å². The highest BCUT2D eigenvalue weighted by Crippen LogP contribution is 2.44. The van der Waals surface area contributed by atoms with Crippen molar-refractivity contribution in [3.63, 3.8) is 0 Å². The monoisotopic (exact) mass is 349 g/mol. The molecule has 3 aliphatic rings. The molecule has 0 radical (unpaired) electrons. The highest BCUT2D eigenvalue weighted by molar-refractivity contribution is 9.10. The highest BCUT2D eigenvalue weighted by Gasteiger charge is 2.42. The molecule has 1 saturated carbocycles. The molecule has 114 valence electrons. The van der Waals surface area contributed by atoms with Gasteiger partial charge in [0.25, 0.3) is 0 Å². The summed E-state index contributed by atoms with van der Waals surface area (Å²) in [6.07, 6.45) is 9.77. The van der Waals surface area contributed by atoms with E-state index in [0.29, 0.717) is 5.41 Å². The standard InChI is InChI=1S/C18H24BrNO/c19-16-9-14-5-8-21-17(14)15(10-16)11-20-12-18(13-20)6-3-1-2-4-7-18/h9-10H,1-8,11-13H2. The van der Waals surface area contributed by atoms with E-state index in [9.17, 15) is 0 Å². The average Bonchev–Trinajstić information content (AvgIpc) is 2.74. The van der Waals surface area contributed by atoms with Gasteiger partial charge in [0, 0.05) is 36.1 Å². The fraction of sp³-hybridized carbons (Fsp3) is 0.667. The maximum absolute atomic E-state index is 5.86. The second kappa shape index (κ2) is 5.58. The van der Waals surface area contributed by atoms with E-state index in [1.165, 1.54) is 73.0 Å². The zero-order valence-corrected chi connectivity index (χ0v) is 14.3. The maximum atomic E-state index is 5.86. The molecule has 1 saturated heterocycles. The molecule has 1 aromatic carbocycles. The largest absolute Gasteiger partial charge is 0.493 e. The number of likely N-dealkylation sites (tertiary alicyclic amines) is 1. The van der Waals surface area contributed by atoms with E-state index < -0.39 is 0 Å². The molecule has 0 unspecified atom stereocenters. The Kier molecular flexibility index (Phi) is 3.74. The van der Waals surface area contributed by atoms with Crippen LogP contribution in [-0.2, 0) is 13.0 Å². The SMILES string of the molecule is Brc1cc2c(c(CN3CC4(CCCCCC4)C3)c1)OCC2. The number of benzene rings is 1. The summed E-state index contributed by atoms with van der Waals surface area (Å²) in [5.74, 6) is 1.17. The lowest BCUT2D eigenvalue weighted by Crippen LogP contribution is -2.55. The number of rotatable bonds is 2. The van der Waals surface area contributed by atoms with Crippen molar-refractivity contribution in [2.24, 2.45) is 5.41 Å². The molecule has 2 nitrogen and oxygen atoms in total. The van der Waals surface area contributed by atoms with E-state index in [1.807, 2.05) is 0 Å². The molecule has 0 bridgehead atoms. The van der Waals surface area contributed by atoms with Crippen molar-refractivity contribution in [1.29, 1.82) is 0 Å². The fourth-order valence-corrected chi connectivity index (χ4v) is 5.07. The zero-order valence-electron chi connectivity index (χ0n) is 12.7. The Bertz CT molecular complexity index is 526. The molecule has 2 heterocycles. The summed E-state index contributed by atoms with van der Waals surface area (Å²) in [5, 5.41) is 0. The lowest BCUT2D eigenvalue weighted by molar-refractivity contribution is -0.0180. The summed E-state index contributed by atoms with van der Waals surface area (Å²) >= 11 is 3.65. The minimum absolute atomic E-state index is 0.659. The van der Waals surface area contributed by atoms with Gasteiger partial charge in [-0.1, -0.05) is 41.6 Å². The Balaban J connectivity index is 1.44. The third kappa shape index (κ3) is 2.75. The quantitative estimate of drug-likeness (QED) is 0.776. The van der Waals surface area contributed by atoms with E-state index in [2.05, 4.69) is 33.0 Å². The molecule has 0 amide bonds. The van der Waals surface area contributed by atoms with E-state index in [0.717, 1.165) is 19.6 Å². The first-order valence-electron chi connectivity index (χ1n) is 8.41. The molecular weight excluding hydrogens is 326 g/mol. The van der Waals surface area contributed by atoms with Crippen LogP contribution in [-0.4, -0.2) is 24.6 Å². The third-order valence-electron chi connectivity index (χ3n) is 5.50. The molecule has 21 heavy (non-hydrogen) atoms. The van der Waals surface area contributed by atoms with Crippen LogP contribution in [0.25, 0.3) is 0 Å².